The van der Waals surface area contributed by atoms with E-state index in [2.05, 4.69) is 22.2 Å². The fourth-order valence-electron chi connectivity index (χ4n) is 3.25. The first-order valence-corrected chi connectivity index (χ1v) is 10.0. The van der Waals surface area contributed by atoms with Gasteiger partial charge < -0.3 is 9.47 Å². The second-order valence-electron chi connectivity index (χ2n) is 7.74. The molecule has 142 valence electrons. The maximum Gasteiger partial charge on any atom is 0.130 e. The molecule has 0 N–H and O–H groups in total. The summed E-state index contributed by atoms with van der Waals surface area (Å²) in [6.45, 7) is 5.66. The first-order chi connectivity index (χ1) is 13.2. The molecular weight excluding hydrogens is 338 g/mol. The van der Waals surface area contributed by atoms with Crippen LogP contribution >= 0.6 is 0 Å². The molecule has 1 aromatic heterocycles. The third-order valence-electron chi connectivity index (χ3n) is 4.82. The molecule has 1 saturated heterocycles. The van der Waals surface area contributed by atoms with Crippen molar-refractivity contribution >= 4 is 0 Å². The highest BCUT2D eigenvalue weighted by molar-refractivity contribution is 5.68. The molecule has 1 aromatic carbocycles. The van der Waals surface area contributed by atoms with Crippen LogP contribution in [0.2, 0.25) is 0 Å². The van der Waals surface area contributed by atoms with Crippen LogP contribution in [0.15, 0.2) is 24.4 Å². The third kappa shape index (κ3) is 4.90. The van der Waals surface area contributed by atoms with Gasteiger partial charge in [-0.2, -0.15) is 0 Å². The van der Waals surface area contributed by atoms with Gasteiger partial charge in [-0.15, -0.1) is 5.10 Å². The number of hydrogen-bond acceptors (Lipinski definition) is 4. The van der Waals surface area contributed by atoms with E-state index in [9.17, 15) is 0 Å². The van der Waals surface area contributed by atoms with E-state index in [1.165, 1.54) is 19.3 Å². The molecule has 1 saturated carbocycles. The molecule has 2 heterocycles. The lowest BCUT2D eigenvalue weighted by molar-refractivity contribution is 0.00370. The summed E-state index contributed by atoms with van der Waals surface area (Å²) in [5.74, 6) is 7.98. The fourth-order valence-corrected chi connectivity index (χ4v) is 3.25. The molecule has 2 aromatic rings. The summed E-state index contributed by atoms with van der Waals surface area (Å²) >= 11 is 0. The van der Waals surface area contributed by atoms with Crippen LogP contribution in [-0.4, -0.2) is 33.8 Å². The minimum absolute atomic E-state index is 0.0843. The largest absolute Gasteiger partial charge is 0.490 e. The van der Waals surface area contributed by atoms with Gasteiger partial charge in [0.1, 0.15) is 11.4 Å². The van der Waals surface area contributed by atoms with Crippen molar-refractivity contribution in [1.82, 2.24) is 15.0 Å². The summed E-state index contributed by atoms with van der Waals surface area (Å²) in [6, 6.07) is 6.11. The van der Waals surface area contributed by atoms with Gasteiger partial charge in [-0.25, -0.2) is 4.68 Å². The second-order valence-corrected chi connectivity index (χ2v) is 7.74. The van der Waals surface area contributed by atoms with E-state index < -0.39 is 0 Å². The molecule has 27 heavy (non-hydrogen) atoms. The topological polar surface area (TPSA) is 49.2 Å². The predicted molar refractivity (Wildman–Crippen MR) is 104 cm³/mol. The van der Waals surface area contributed by atoms with Gasteiger partial charge in [-0.1, -0.05) is 17.1 Å². The van der Waals surface area contributed by atoms with E-state index in [0.29, 0.717) is 5.92 Å². The highest BCUT2D eigenvalue weighted by Gasteiger charge is 2.19. The maximum absolute atomic E-state index is 6.05. The van der Waals surface area contributed by atoms with Crippen LogP contribution in [0.4, 0.5) is 0 Å². The van der Waals surface area contributed by atoms with Gasteiger partial charge in [0, 0.05) is 23.7 Å². The van der Waals surface area contributed by atoms with Gasteiger partial charge in [-0.3, -0.25) is 0 Å². The molecular formula is C22H27N3O2. The van der Waals surface area contributed by atoms with Crippen LogP contribution in [0.5, 0.6) is 5.75 Å². The number of benzene rings is 1. The number of hydrogen-bond donors (Lipinski definition) is 0. The molecule has 0 unspecified atom stereocenters. The SMILES string of the molecule is CC(C)Oc1cc(C#CC2CC2)ccc1-c1cn(C[C@H]2CCCCO2)nn1. The summed E-state index contributed by atoms with van der Waals surface area (Å²) < 4.78 is 13.7. The molecule has 0 amide bonds. The Bertz CT molecular complexity index is 837. The van der Waals surface area contributed by atoms with Crippen molar-refractivity contribution in [2.75, 3.05) is 6.61 Å². The monoisotopic (exact) mass is 365 g/mol. The lowest BCUT2D eigenvalue weighted by Crippen LogP contribution is -2.24. The van der Waals surface area contributed by atoms with E-state index in [0.717, 1.165) is 48.6 Å². The minimum atomic E-state index is 0.0843. The third-order valence-corrected chi connectivity index (χ3v) is 4.82. The van der Waals surface area contributed by atoms with E-state index >= 15 is 0 Å². The zero-order chi connectivity index (χ0) is 18.6. The number of aromatic nitrogens is 3. The quantitative estimate of drug-likeness (QED) is 0.750. The zero-order valence-corrected chi connectivity index (χ0v) is 16.1. The molecule has 4 rings (SSSR count). The first-order valence-electron chi connectivity index (χ1n) is 10.0. The Hall–Kier alpha value is -2.32. The van der Waals surface area contributed by atoms with Crippen LogP contribution in [0, 0.1) is 17.8 Å². The normalized spacial score (nSPS) is 19.6. The maximum atomic E-state index is 6.05. The highest BCUT2D eigenvalue weighted by Crippen LogP contribution is 2.31. The Morgan fingerprint density at radius 2 is 2.15 bits per heavy atom. The summed E-state index contributed by atoms with van der Waals surface area (Å²) in [5.41, 5.74) is 2.77. The number of nitrogens with zero attached hydrogens (tertiary/aromatic N) is 3. The molecule has 5 nitrogen and oxygen atoms in total. The van der Waals surface area contributed by atoms with Crippen LogP contribution in [0.25, 0.3) is 11.3 Å². The molecule has 0 spiro atoms. The van der Waals surface area contributed by atoms with Crippen LogP contribution in [-0.2, 0) is 11.3 Å². The van der Waals surface area contributed by atoms with E-state index in [4.69, 9.17) is 9.47 Å². The standard InChI is InChI=1S/C22H27N3O2/c1-16(2)27-22-13-18(9-8-17-6-7-17)10-11-20(22)21-15-25(24-23-21)14-19-5-3-4-12-26-19/h10-11,13,15-17,19H,3-7,12,14H2,1-2H3/t19-/m1/s1. The number of rotatable bonds is 5. The Balaban J connectivity index is 1.55. The molecule has 1 aliphatic heterocycles. The van der Waals surface area contributed by atoms with Crippen molar-refractivity contribution in [1.29, 1.82) is 0 Å². The molecule has 5 heteroatoms. The Labute approximate surface area is 161 Å². The van der Waals surface area contributed by atoms with E-state index in [1.54, 1.807) is 0 Å². The second kappa shape index (κ2) is 8.14. The Morgan fingerprint density at radius 3 is 2.89 bits per heavy atom. The predicted octanol–water partition coefficient (Wildman–Crippen LogP) is 4.06. The lowest BCUT2D eigenvalue weighted by atomic mass is 10.1. The molecule has 1 aliphatic carbocycles. The van der Waals surface area contributed by atoms with Gasteiger partial charge in [0.25, 0.3) is 0 Å². The van der Waals surface area contributed by atoms with Crippen molar-refractivity contribution in [3.05, 3.63) is 30.0 Å². The molecule has 0 radical (unpaired) electrons. The summed E-state index contributed by atoms with van der Waals surface area (Å²) in [4.78, 5) is 0. The van der Waals surface area contributed by atoms with Gasteiger partial charge in [0.15, 0.2) is 0 Å². The van der Waals surface area contributed by atoms with Gasteiger partial charge >= 0.3 is 0 Å². The van der Waals surface area contributed by atoms with Crippen molar-refractivity contribution < 1.29 is 9.47 Å². The van der Waals surface area contributed by atoms with E-state index in [-0.39, 0.29) is 12.2 Å². The average Bonchev–Trinajstić information content (AvgIpc) is 3.38. The van der Waals surface area contributed by atoms with Crippen molar-refractivity contribution in [2.45, 2.75) is 64.7 Å². The smallest absolute Gasteiger partial charge is 0.130 e. The van der Waals surface area contributed by atoms with Crippen LogP contribution < -0.4 is 4.74 Å². The van der Waals surface area contributed by atoms with Crippen LogP contribution in [0.1, 0.15) is 51.5 Å². The highest BCUT2D eigenvalue weighted by atomic mass is 16.5. The molecule has 2 fully saturated rings. The zero-order valence-electron chi connectivity index (χ0n) is 16.1. The van der Waals surface area contributed by atoms with Crippen molar-refractivity contribution in [3.63, 3.8) is 0 Å². The lowest BCUT2D eigenvalue weighted by Gasteiger charge is -2.21. The summed E-state index contributed by atoms with van der Waals surface area (Å²) in [6.07, 6.45) is 8.23. The van der Waals surface area contributed by atoms with Gasteiger partial charge in [0.2, 0.25) is 0 Å². The molecule has 1 atom stereocenters. The fraction of sp³-hybridized carbons (Fsp3) is 0.545. The van der Waals surface area contributed by atoms with Crippen molar-refractivity contribution in [2.24, 2.45) is 5.92 Å². The average molecular weight is 365 g/mol. The summed E-state index contributed by atoms with van der Waals surface area (Å²) in [5, 5.41) is 8.68. The van der Waals surface area contributed by atoms with Crippen molar-refractivity contribution in [3.8, 4) is 28.8 Å². The number of ether oxygens (including phenoxy) is 2. The van der Waals surface area contributed by atoms with Gasteiger partial charge in [-0.05, 0) is 64.2 Å². The van der Waals surface area contributed by atoms with E-state index in [1.807, 2.05) is 42.9 Å². The van der Waals surface area contributed by atoms with Gasteiger partial charge in [0.05, 0.1) is 24.9 Å². The minimum Gasteiger partial charge on any atom is -0.490 e. The molecule has 0 bridgehead atoms. The first kappa shape index (κ1) is 18.1. The van der Waals surface area contributed by atoms with Crippen LogP contribution in [0.3, 0.4) is 0 Å². The Morgan fingerprint density at radius 1 is 1.26 bits per heavy atom. The molecule has 2 aliphatic rings. The Kier molecular flexibility index (Phi) is 5.45. The summed E-state index contributed by atoms with van der Waals surface area (Å²) in [7, 11) is 0.